The maximum Gasteiger partial charge on any atom is 0.264 e. The summed E-state index contributed by atoms with van der Waals surface area (Å²) in [5.74, 6) is -5.48. The second-order valence-corrected chi connectivity index (χ2v) is 22.5. The van der Waals surface area contributed by atoms with Crippen molar-refractivity contribution >= 4 is 70.3 Å². The Hall–Kier alpha value is -8.15. The minimum Gasteiger partial charge on any atom is -0.368 e. The van der Waals surface area contributed by atoms with Crippen LogP contribution in [0, 0.1) is 0 Å². The summed E-state index contributed by atoms with van der Waals surface area (Å²) in [5.41, 5.74) is 16.8. The highest BCUT2D eigenvalue weighted by atomic mass is 16.2. The largest absolute Gasteiger partial charge is 0.368 e. The van der Waals surface area contributed by atoms with Crippen molar-refractivity contribution < 1.29 is 43.2 Å². The zero-order chi connectivity index (χ0) is 63.7. The molecule has 24 heteroatoms. The number of aromatic nitrogens is 3. The number of rotatable bonds is 47. The van der Waals surface area contributed by atoms with Crippen LogP contribution in [0.1, 0.15) is 172 Å². The topological polar surface area (TPSA) is 371 Å². The summed E-state index contributed by atoms with van der Waals surface area (Å²) in [6.45, 7) is 6.25. The van der Waals surface area contributed by atoms with Gasteiger partial charge in [0.1, 0.15) is 49.0 Å². The van der Waals surface area contributed by atoms with E-state index in [1.54, 1.807) is 36.5 Å². The summed E-state index contributed by atoms with van der Waals surface area (Å²) in [4.78, 5) is 131. The van der Waals surface area contributed by atoms with Gasteiger partial charge < -0.3 is 69.4 Å². The first-order chi connectivity index (χ1) is 42.6. The maximum absolute atomic E-state index is 14.5. The number of carbonyl (C=O) groups is 9. The van der Waals surface area contributed by atoms with Crippen LogP contribution in [0.5, 0.6) is 0 Å². The van der Waals surface area contributed by atoms with Gasteiger partial charge in [-0.3, -0.25) is 43.2 Å². The fourth-order valence-electron chi connectivity index (χ4n) is 9.99. The van der Waals surface area contributed by atoms with E-state index in [1.165, 1.54) is 83.7 Å². The molecule has 6 atom stereocenters. The number of hydrogen-bond donors (Lipinski definition) is 13. The van der Waals surface area contributed by atoms with E-state index in [1.807, 2.05) is 31.2 Å². The van der Waals surface area contributed by atoms with E-state index < -0.39 is 83.5 Å². The van der Waals surface area contributed by atoms with Crippen LogP contribution in [0.3, 0.4) is 0 Å². The van der Waals surface area contributed by atoms with Crippen molar-refractivity contribution in [2.75, 3.05) is 26.2 Å². The molecule has 0 aliphatic heterocycles. The highest BCUT2D eigenvalue weighted by molar-refractivity contribution is 6.26. The number of aromatic amines is 2. The number of hydrogen-bond acceptors (Lipinski definition) is 13. The van der Waals surface area contributed by atoms with E-state index in [0.717, 1.165) is 41.9 Å². The highest BCUT2D eigenvalue weighted by Crippen LogP contribution is 2.20. The fourth-order valence-corrected chi connectivity index (χ4v) is 9.99. The zero-order valence-corrected chi connectivity index (χ0v) is 52.0. The van der Waals surface area contributed by atoms with Gasteiger partial charge in [0.25, 0.3) is 5.91 Å². The molecule has 0 unspecified atom stereocenters. The molecule has 0 aliphatic carbocycles. The monoisotopic (exact) mass is 1220 g/mol. The molecule has 9 amide bonds. The van der Waals surface area contributed by atoms with Crippen LogP contribution >= 0.6 is 0 Å². The van der Waals surface area contributed by atoms with E-state index in [0.29, 0.717) is 69.4 Å². The highest BCUT2D eigenvalue weighted by Gasteiger charge is 2.33. The van der Waals surface area contributed by atoms with Crippen molar-refractivity contribution in [2.24, 2.45) is 16.6 Å². The molecule has 24 nitrogen and oxygen atoms in total. The number of imidazole rings is 1. The first kappa shape index (κ1) is 72.3. The number of nitrogens with zero attached hydrogens (tertiary/aromatic N) is 2. The van der Waals surface area contributed by atoms with Gasteiger partial charge in [-0.15, -0.1) is 0 Å². The van der Waals surface area contributed by atoms with Crippen molar-refractivity contribution in [2.45, 2.75) is 211 Å². The molecular formula is C64H99N15O9. The molecule has 0 saturated carbocycles. The van der Waals surface area contributed by atoms with Crippen molar-refractivity contribution in [3.8, 4) is 0 Å². The summed E-state index contributed by atoms with van der Waals surface area (Å²) in [6, 6.07) is 9.13. The molecular weight excluding hydrogens is 1120 g/mol. The predicted octanol–water partition coefficient (Wildman–Crippen LogP) is 4.33. The van der Waals surface area contributed by atoms with Gasteiger partial charge in [0.15, 0.2) is 0 Å². The Morgan fingerprint density at radius 2 is 1.12 bits per heavy atom. The molecule has 2 heterocycles. The third-order valence-corrected chi connectivity index (χ3v) is 15.1. The van der Waals surface area contributed by atoms with Gasteiger partial charge in [0.05, 0.1) is 6.33 Å². The van der Waals surface area contributed by atoms with E-state index in [-0.39, 0.29) is 44.6 Å². The molecule has 0 spiro atoms. The molecule has 4 rings (SSSR count). The molecule has 88 heavy (non-hydrogen) atoms. The molecule has 15 N–H and O–H groups in total. The number of unbranched alkanes of at least 4 members (excludes halogenated alkanes) is 14. The minimum atomic E-state index is -1.33. The van der Waals surface area contributed by atoms with E-state index in [9.17, 15) is 43.2 Å². The predicted molar refractivity (Wildman–Crippen MR) is 341 cm³/mol. The first-order valence-corrected chi connectivity index (χ1v) is 31.8. The number of H-pyrrole nitrogens is 2. The molecule has 0 saturated heterocycles. The lowest BCUT2D eigenvalue weighted by Crippen LogP contribution is -2.60. The second-order valence-electron chi connectivity index (χ2n) is 22.5. The number of benzene rings is 2. The smallest absolute Gasteiger partial charge is 0.264 e. The molecule has 0 aliphatic rings. The van der Waals surface area contributed by atoms with E-state index in [4.69, 9.17) is 11.5 Å². The quantitative estimate of drug-likeness (QED) is 0.0167. The van der Waals surface area contributed by atoms with Crippen molar-refractivity contribution in [1.29, 1.82) is 0 Å². The molecule has 0 bridgehead atoms. The normalized spacial score (nSPS) is 13.3. The van der Waals surface area contributed by atoms with Gasteiger partial charge in [0.2, 0.25) is 47.3 Å². The number of primary amides is 1. The zero-order valence-electron chi connectivity index (χ0n) is 52.0. The maximum atomic E-state index is 14.5. The Morgan fingerprint density at radius 1 is 0.557 bits per heavy atom. The van der Waals surface area contributed by atoms with Gasteiger partial charge in [-0.05, 0) is 69.2 Å². The summed E-state index contributed by atoms with van der Waals surface area (Å²) in [7, 11) is 0. The van der Waals surface area contributed by atoms with Crippen LogP contribution in [-0.2, 0) is 62.4 Å². The Balaban J connectivity index is 1.27. The molecule has 0 fully saturated rings. The summed E-state index contributed by atoms with van der Waals surface area (Å²) in [5, 5.41) is 26.6. The molecule has 0 radical (unpaired) electrons. The lowest BCUT2D eigenvalue weighted by atomic mass is 10.0. The first-order valence-electron chi connectivity index (χ1n) is 31.8. The average molecular weight is 1220 g/mol. The number of amides is 9. The Bertz CT molecular complexity index is 2760. The van der Waals surface area contributed by atoms with Crippen molar-refractivity contribution in [3.05, 3.63) is 90.1 Å². The minimum absolute atomic E-state index is 0.000481. The summed E-state index contributed by atoms with van der Waals surface area (Å²) >= 11 is 0. The number of nitrogens with two attached hydrogens (primary N) is 2. The summed E-state index contributed by atoms with van der Waals surface area (Å²) in [6.07, 6.45) is 25.3. The molecule has 4 aromatic rings. The van der Waals surface area contributed by atoms with Crippen LogP contribution in [-0.4, -0.2) is 137 Å². The third-order valence-electron chi connectivity index (χ3n) is 15.1. The van der Waals surface area contributed by atoms with Crippen LogP contribution < -0.4 is 59.4 Å². The number of hydrazone groups is 1. The fraction of sp³-hybridized carbons (Fsp3) is 0.578. The lowest BCUT2D eigenvalue weighted by Gasteiger charge is -2.27. The van der Waals surface area contributed by atoms with E-state index in [2.05, 4.69) is 74.9 Å². The van der Waals surface area contributed by atoms with Gasteiger partial charge in [-0.1, -0.05) is 152 Å². The molecule has 484 valence electrons. The molecule has 2 aromatic heterocycles. The Kier molecular flexibility index (Phi) is 35.1. The van der Waals surface area contributed by atoms with Crippen LogP contribution in [0.2, 0.25) is 0 Å². The SMILES string of the molecule is CCCCCCCCCCCCCCCC(=O)NCCCNC(=O)/C=N/NCC(=O)N[C@@H](CCCC)C(=O)N[C@@H](C)C(=O)N[C@@H](Cc1cnc[nH]1)C(=O)N[C@H](Cc1ccccc1)C(=O)N[C@@H](CCCCN)C(=O)N[C@@H](Cc1c[nH]c2ccccc12)C(N)=O. The number of carbonyl (C=O) groups excluding carboxylic acids is 9. The van der Waals surface area contributed by atoms with Gasteiger partial charge in [0, 0.05) is 67.8 Å². The van der Waals surface area contributed by atoms with Crippen LogP contribution in [0.15, 0.2) is 78.4 Å². The van der Waals surface area contributed by atoms with E-state index >= 15 is 0 Å². The Morgan fingerprint density at radius 3 is 1.78 bits per heavy atom. The van der Waals surface area contributed by atoms with Gasteiger partial charge >= 0.3 is 0 Å². The summed E-state index contributed by atoms with van der Waals surface area (Å²) < 4.78 is 0. The van der Waals surface area contributed by atoms with Gasteiger partial charge in [-0.2, -0.15) is 5.10 Å². The standard InChI is InChI=1S/C64H99N15O9/c1-4-6-8-9-10-11-12-13-14-15-16-17-21-33-56(80)68-35-26-36-69-57(81)42-72-73-43-58(82)75-51(30-7-5-2)61(85)74-45(3)60(84)78-55(39-48-41-67-44-71-48)64(88)79-54(37-46-27-19-18-20-28-46)63(87)76-52(32-24-25-34-65)62(86)77-53(59(66)83)38-47-40-70-50-31-23-22-29-49(47)50/h18-20,22-23,27-29,31,40-42,44-45,51-55,70,73H,4-17,21,24-26,30,32-39,43,65H2,1-3H3,(H2,66,83)(H,67,71)(H,68,80)(H,69,81)(H,74,85)(H,75,82)(H,76,87)(H,77,86)(H,78,84)(H,79,88)/b72-42+/t45-,51-,52-,53-,54+,55-/m0/s1. The number of nitrogens with one attached hydrogen (secondary N) is 11. The van der Waals surface area contributed by atoms with Gasteiger partial charge in [-0.25, -0.2) is 4.98 Å². The third kappa shape index (κ3) is 29.0. The average Bonchev–Trinajstić information content (AvgIpc) is 4.39. The van der Waals surface area contributed by atoms with Crippen LogP contribution in [0.4, 0.5) is 0 Å². The number of para-hydroxylation sites is 1. The second kappa shape index (κ2) is 42.7. The lowest BCUT2D eigenvalue weighted by molar-refractivity contribution is -0.135. The van der Waals surface area contributed by atoms with Crippen LogP contribution in [0.25, 0.3) is 10.9 Å². The molecule has 2 aromatic carbocycles. The van der Waals surface area contributed by atoms with Crippen molar-refractivity contribution in [1.82, 2.24) is 62.9 Å². The van der Waals surface area contributed by atoms with Crippen molar-refractivity contribution in [3.63, 3.8) is 0 Å². The number of fused-ring (bicyclic) bond motifs is 1. The Labute approximate surface area is 518 Å².